The van der Waals surface area contributed by atoms with Crippen molar-refractivity contribution in [3.63, 3.8) is 0 Å². The molecule has 11 heteroatoms. The number of aliphatic hydroxyl groups excluding tert-OH is 1. The lowest BCUT2D eigenvalue weighted by Crippen LogP contribution is -2.31. The Morgan fingerprint density at radius 2 is 1.82 bits per heavy atom. The molecule has 2 aromatic heterocycles. The zero-order valence-electron chi connectivity index (χ0n) is 19.9. The number of aliphatic hydroxyl groups is 1. The van der Waals surface area contributed by atoms with Crippen LogP contribution in [0.2, 0.25) is 5.02 Å². The van der Waals surface area contributed by atoms with Crippen molar-refractivity contribution >= 4 is 62.5 Å². The van der Waals surface area contributed by atoms with Gasteiger partial charge in [0.1, 0.15) is 11.3 Å². The van der Waals surface area contributed by atoms with E-state index in [0.29, 0.717) is 31.6 Å². The van der Waals surface area contributed by atoms with Crippen LogP contribution in [-0.2, 0) is 10.5 Å². The van der Waals surface area contributed by atoms with E-state index < -0.39 is 23.5 Å². The first-order valence-electron chi connectivity index (χ1n) is 11.7. The number of para-hydroxylation sites is 1. The fourth-order valence-electron chi connectivity index (χ4n) is 4.36. The molecule has 6 rings (SSSR count). The van der Waals surface area contributed by atoms with Gasteiger partial charge in [0.25, 0.3) is 5.91 Å². The largest absolute Gasteiger partial charge is 0.508 e. The van der Waals surface area contributed by atoms with Gasteiger partial charge < -0.3 is 14.6 Å². The molecule has 0 saturated carbocycles. The van der Waals surface area contributed by atoms with Crippen LogP contribution < -0.4 is 4.90 Å². The molecule has 0 bridgehead atoms. The molecule has 1 aliphatic heterocycles. The molecule has 0 fully saturated rings. The molecular formula is C28H18ClN3O5S2. The van der Waals surface area contributed by atoms with Crippen molar-refractivity contribution in [2.45, 2.75) is 16.1 Å². The van der Waals surface area contributed by atoms with Gasteiger partial charge >= 0.3 is 0 Å². The quantitative estimate of drug-likeness (QED) is 0.125. The first-order chi connectivity index (χ1) is 18.9. The number of ketones is 1. The maximum Gasteiger partial charge on any atom is 0.296 e. The number of carbonyl (C=O) groups is 2. The van der Waals surface area contributed by atoms with Crippen molar-refractivity contribution in [2.24, 2.45) is 0 Å². The summed E-state index contributed by atoms with van der Waals surface area (Å²) in [6.07, 6.45) is 0. The van der Waals surface area contributed by atoms with Crippen molar-refractivity contribution in [3.05, 3.63) is 112 Å². The summed E-state index contributed by atoms with van der Waals surface area (Å²) in [5, 5.41) is 31.1. The number of rotatable bonds is 7. The van der Waals surface area contributed by atoms with Gasteiger partial charge in [-0.25, -0.2) is 0 Å². The lowest BCUT2D eigenvalue weighted by atomic mass is 9.95. The summed E-state index contributed by atoms with van der Waals surface area (Å²) in [7, 11) is 0. The molecule has 0 spiro atoms. The van der Waals surface area contributed by atoms with Gasteiger partial charge in [0.2, 0.25) is 10.9 Å². The van der Waals surface area contributed by atoms with Crippen molar-refractivity contribution in [1.29, 1.82) is 0 Å². The molecule has 3 heterocycles. The number of amides is 1. The number of thioether (sulfide) groups is 1. The van der Waals surface area contributed by atoms with Gasteiger partial charge in [-0.05, 0) is 47.5 Å². The number of fused-ring (bicyclic) bond motifs is 1. The molecule has 0 radical (unpaired) electrons. The van der Waals surface area contributed by atoms with Crippen molar-refractivity contribution in [3.8, 4) is 5.75 Å². The third kappa shape index (κ3) is 4.78. The second kappa shape index (κ2) is 10.2. The maximum absolute atomic E-state index is 13.7. The Morgan fingerprint density at radius 1 is 1.03 bits per heavy atom. The number of phenolic OH excluding ortho intramolecular Hbond substituents is 1. The number of phenols is 1. The zero-order valence-corrected chi connectivity index (χ0v) is 22.3. The Labute approximate surface area is 235 Å². The molecule has 194 valence electrons. The van der Waals surface area contributed by atoms with Gasteiger partial charge in [0.05, 0.1) is 11.6 Å². The number of hydrogen-bond donors (Lipinski definition) is 2. The molecule has 0 saturated heterocycles. The van der Waals surface area contributed by atoms with Crippen molar-refractivity contribution in [1.82, 2.24) is 10.2 Å². The zero-order chi connectivity index (χ0) is 27.1. The van der Waals surface area contributed by atoms with E-state index in [4.69, 9.17) is 16.0 Å². The van der Waals surface area contributed by atoms with E-state index in [1.807, 2.05) is 18.2 Å². The fraction of sp³-hybridized carbons (Fsp3) is 0.0714. The average molecular weight is 576 g/mol. The van der Waals surface area contributed by atoms with Gasteiger partial charge in [-0.1, -0.05) is 77.2 Å². The second-order valence-electron chi connectivity index (χ2n) is 8.68. The lowest BCUT2D eigenvalue weighted by molar-refractivity contribution is -0.117. The van der Waals surface area contributed by atoms with Crippen LogP contribution in [0, 0.1) is 0 Å². The number of hydrogen-bond acceptors (Lipinski definition) is 9. The topological polar surface area (TPSA) is 117 Å². The predicted octanol–water partition coefficient (Wildman–Crippen LogP) is 6.72. The average Bonchev–Trinajstić information content (AvgIpc) is 3.64. The van der Waals surface area contributed by atoms with Crippen LogP contribution >= 0.6 is 34.7 Å². The van der Waals surface area contributed by atoms with Gasteiger partial charge in [0.15, 0.2) is 15.9 Å². The summed E-state index contributed by atoms with van der Waals surface area (Å²) >= 11 is 8.56. The molecular weight excluding hydrogens is 558 g/mol. The highest BCUT2D eigenvalue weighted by Gasteiger charge is 2.47. The van der Waals surface area contributed by atoms with E-state index in [2.05, 4.69) is 10.2 Å². The molecule has 1 amide bonds. The van der Waals surface area contributed by atoms with Crippen LogP contribution in [-0.4, -0.2) is 32.1 Å². The van der Waals surface area contributed by atoms with Crippen LogP contribution in [0.3, 0.4) is 0 Å². The maximum atomic E-state index is 13.7. The number of aromatic hydroxyl groups is 1. The predicted molar refractivity (Wildman–Crippen MR) is 149 cm³/mol. The molecule has 1 unspecified atom stereocenters. The van der Waals surface area contributed by atoms with Gasteiger partial charge in [-0.15, -0.1) is 10.2 Å². The molecule has 1 atom stereocenters. The lowest BCUT2D eigenvalue weighted by Gasteiger charge is -2.23. The summed E-state index contributed by atoms with van der Waals surface area (Å²) in [6, 6.07) is 21.2. The molecule has 1 aliphatic rings. The smallest absolute Gasteiger partial charge is 0.296 e. The highest BCUT2D eigenvalue weighted by atomic mass is 35.5. The Bertz CT molecular complexity index is 1730. The van der Waals surface area contributed by atoms with Gasteiger partial charge in [-0.3, -0.25) is 14.5 Å². The van der Waals surface area contributed by atoms with E-state index in [9.17, 15) is 19.8 Å². The highest BCUT2D eigenvalue weighted by Crippen LogP contribution is 2.44. The van der Waals surface area contributed by atoms with Crippen LogP contribution in [0.4, 0.5) is 5.13 Å². The van der Waals surface area contributed by atoms with Crippen molar-refractivity contribution < 1.29 is 24.2 Å². The van der Waals surface area contributed by atoms with E-state index in [-0.39, 0.29) is 22.2 Å². The minimum Gasteiger partial charge on any atom is -0.508 e. The number of nitrogens with zero attached hydrogens (tertiary/aromatic N) is 3. The second-order valence-corrected chi connectivity index (χ2v) is 11.3. The molecule has 5 aromatic rings. The summed E-state index contributed by atoms with van der Waals surface area (Å²) in [5.74, 6) is -1.62. The molecule has 0 aliphatic carbocycles. The minimum atomic E-state index is -1.06. The monoisotopic (exact) mass is 575 g/mol. The number of Topliss-reactive ketones (excluding diaryl/α,β-unsaturated/α-hetero) is 1. The van der Waals surface area contributed by atoms with Crippen molar-refractivity contribution in [2.75, 3.05) is 4.90 Å². The van der Waals surface area contributed by atoms with E-state index >= 15 is 0 Å². The summed E-state index contributed by atoms with van der Waals surface area (Å²) in [6.45, 7) is 0. The number of aromatic nitrogens is 2. The van der Waals surface area contributed by atoms with Crippen LogP contribution in [0.25, 0.3) is 11.0 Å². The van der Waals surface area contributed by atoms with E-state index in [1.54, 1.807) is 48.5 Å². The Hall–Kier alpha value is -4.12. The van der Waals surface area contributed by atoms with E-state index in [0.717, 1.165) is 16.9 Å². The minimum absolute atomic E-state index is 0.0194. The van der Waals surface area contributed by atoms with Gasteiger partial charge in [0, 0.05) is 16.2 Å². The molecule has 39 heavy (non-hydrogen) atoms. The highest BCUT2D eigenvalue weighted by molar-refractivity contribution is 8.00. The molecule has 3 aromatic carbocycles. The number of benzene rings is 3. The molecule has 8 nitrogen and oxygen atoms in total. The first kappa shape index (κ1) is 25.2. The molecule has 2 N–H and O–H groups in total. The third-order valence-corrected chi connectivity index (χ3v) is 8.54. The SMILES string of the molecule is O=C(C1=C(O)C(=O)N(c2nnc(SCc3ccc(Cl)cc3)s2)C1c1cccc(O)c1)c1cc2ccccc2o1. The van der Waals surface area contributed by atoms with Crippen LogP contribution in [0.15, 0.2) is 99.0 Å². The standard InChI is InChI=1S/C28H18ClN3O5S2/c29-18-10-8-15(9-11-18)14-38-28-31-30-27(39-28)32-23(17-5-3-6-19(33)12-17)22(25(35)26(32)36)24(34)21-13-16-4-1-2-7-20(16)37-21/h1-13,23,33,35H,14H2. The Morgan fingerprint density at radius 3 is 2.59 bits per heavy atom. The summed E-state index contributed by atoms with van der Waals surface area (Å²) < 4.78 is 6.35. The Balaban J connectivity index is 1.36. The van der Waals surface area contributed by atoms with E-state index in [1.165, 1.54) is 28.8 Å². The van der Waals surface area contributed by atoms with Crippen LogP contribution in [0.5, 0.6) is 5.75 Å². The normalized spacial score (nSPS) is 15.5. The van der Waals surface area contributed by atoms with Crippen LogP contribution in [0.1, 0.15) is 27.7 Å². The first-order valence-corrected chi connectivity index (χ1v) is 13.9. The summed E-state index contributed by atoms with van der Waals surface area (Å²) in [5.41, 5.74) is 1.78. The Kier molecular flexibility index (Phi) is 6.59. The fourth-order valence-corrected chi connectivity index (χ4v) is 6.30. The third-order valence-electron chi connectivity index (χ3n) is 6.17. The number of carbonyl (C=O) groups excluding carboxylic acids is 2. The van der Waals surface area contributed by atoms with Gasteiger partial charge in [-0.2, -0.15) is 0 Å². The number of anilines is 1. The number of furan rings is 1. The number of halogens is 1. The summed E-state index contributed by atoms with van der Waals surface area (Å²) in [4.78, 5) is 28.3.